The van der Waals surface area contributed by atoms with Gasteiger partial charge in [-0.15, -0.1) is 0 Å². The van der Waals surface area contributed by atoms with E-state index in [1.807, 2.05) is 39.8 Å². The first-order chi connectivity index (χ1) is 16.0. The first-order valence-corrected chi connectivity index (χ1v) is 12.6. The summed E-state index contributed by atoms with van der Waals surface area (Å²) < 4.78 is 11.5. The highest BCUT2D eigenvalue weighted by Crippen LogP contribution is 2.36. The number of carbonyl (C=O) groups is 1. The molecular formula is C28H44O6. The van der Waals surface area contributed by atoms with Crippen molar-refractivity contribution in [2.24, 2.45) is 17.8 Å². The van der Waals surface area contributed by atoms with Crippen molar-refractivity contribution in [2.75, 3.05) is 0 Å². The van der Waals surface area contributed by atoms with Gasteiger partial charge in [-0.2, -0.15) is 0 Å². The van der Waals surface area contributed by atoms with Gasteiger partial charge in [-0.3, -0.25) is 0 Å². The van der Waals surface area contributed by atoms with E-state index < -0.39 is 23.8 Å². The van der Waals surface area contributed by atoms with Crippen LogP contribution in [0.25, 0.3) is 0 Å². The summed E-state index contributed by atoms with van der Waals surface area (Å²) in [6, 6.07) is 0. The predicted molar refractivity (Wildman–Crippen MR) is 134 cm³/mol. The number of rotatable bonds is 8. The number of aliphatic hydroxyl groups is 3. The Morgan fingerprint density at radius 3 is 2.71 bits per heavy atom. The first-order valence-electron chi connectivity index (χ1n) is 12.6. The van der Waals surface area contributed by atoms with Crippen LogP contribution in [0.2, 0.25) is 0 Å². The lowest BCUT2D eigenvalue weighted by Gasteiger charge is -2.28. The lowest BCUT2D eigenvalue weighted by molar-refractivity contribution is -0.142. The lowest BCUT2D eigenvalue weighted by Crippen LogP contribution is -2.38. The summed E-state index contributed by atoms with van der Waals surface area (Å²) in [4.78, 5) is 12.3. The van der Waals surface area contributed by atoms with E-state index >= 15 is 0 Å². The molecule has 0 amide bonds. The molecule has 1 saturated heterocycles. The van der Waals surface area contributed by atoms with Gasteiger partial charge in [-0.25, -0.2) is 4.79 Å². The van der Waals surface area contributed by atoms with Gasteiger partial charge >= 0.3 is 5.97 Å². The Morgan fingerprint density at radius 1 is 1.32 bits per heavy atom. The fraction of sp³-hybridized carbons (Fsp3) is 0.679. The van der Waals surface area contributed by atoms with Crippen molar-refractivity contribution >= 4 is 5.97 Å². The van der Waals surface area contributed by atoms with E-state index in [4.69, 9.17) is 9.47 Å². The third-order valence-corrected chi connectivity index (χ3v) is 7.04. The fourth-order valence-corrected chi connectivity index (χ4v) is 4.41. The van der Waals surface area contributed by atoms with E-state index in [2.05, 4.69) is 13.0 Å². The number of cyclic esters (lactones) is 1. The maximum Gasteiger partial charge on any atom is 0.331 e. The maximum atomic E-state index is 12.3. The number of allylic oxidation sites excluding steroid dienone is 4. The van der Waals surface area contributed by atoms with Crippen LogP contribution in [0.4, 0.5) is 0 Å². The number of ether oxygens (including phenoxy) is 2. The van der Waals surface area contributed by atoms with Crippen molar-refractivity contribution in [1.29, 1.82) is 0 Å². The molecule has 34 heavy (non-hydrogen) atoms. The van der Waals surface area contributed by atoms with Gasteiger partial charge in [0.05, 0.1) is 23.9 Å². The van der Waals surface area contributed by atoms with Gasteiger partial charge < -0.3 is 24.8 Å². The van der Waals surface area contributed by atoms with Crippen molar-refractivity contribution in [2.45, 2.75) is 103 Å². The monoisotopic (exact) mass is 476 g/mol. The summed E-state index contributed by atoms with van der Waals surface area (Å²) in [6.07, 6.45) is 13.4. The molecule has 6 heteroatoms. The summed E-state index contributed by atoms with van der Waals surface area (Å²) in [7, 11) is 0. The number of esters is 1. The van der Waals surface area contributed by atoms with Crippen LogP contribution in [0.15, 0.2) is 48.1 Å². The molecule has 1 fully saturated rings. The average molecular weight is 477 g/mol. The van der Waals surface area contributed by atoms with E-state index in [1.165, 1.54) is 6.08 Å². The molecule has 6 nitrogen and oxygen atoms in total. The summed E-state index contributed by atoms with van der Waals surface area (Å²) in [5.74, 6) is -0.149. The van der Waals surface area contributed by atoms with Crippen LogP contribution in [0, 0.1) is 17.8 Å². The maximum absolute atomic E-state index is 12.3. The second-order valence-corrected chi connectivity index (χ2v) is 10.3. The van der Waals surface area contributed by atoms with Gasteiger partial charge in [0, 0.05) is 17.9 Å². The highest BCUT2D eigenvalue weighted by Gasteiger charge is 2.44. The smallest absolute Gasteiger partial charge is 0.331 e. The largest absolute Gasteiger partial charge is 0.454 e. The Balaban J connectivity index is 2.02. The Hall–Kier alpha value is -1.73. The van der Waals surface area contributed by atoms with E-state index in [-0.39, 0.29) is 30.1 Å². The SMILES string of the molecule is CCC(O)C(C)C1OC1CC(C)/C=C/C=C(\C)C1OC(=O)C=CCCC(C)(O)C(O)/C=C/C1C. The van der Waals surface area contributed by atoms with Crippen molar-refractivity contribution in [1.82, 2.24) is 0 Å². The van der Waals surface area contributed by atoms with E-state index in [0.29, 0.717) is 18.8 Å². The molecule has 0 aliphatic carbocycles. The van der Waals surface area contributed by atoms with Crippen molar-refractivity contribution < 1.29 is 29.6 Å². The molecule has 9 atom stereocenters. The van der Waals surface area contributed by atoms with E-state index in [1.54, 1.807) is 25.2 Å². The summed E-state index contributed by atoms with van der Waals surface area (Å²) in [5.41, 5.74) is -0.375. The number of hydrogen-bond acceptors (Lipinski definition) is 6. The number of epoxide rings is 1. The van der Waals surface area contributed by atoms with Crippen LogP contribution < -0.4 is 0 Å². The predicted octanol–water partition coefficient (Wildman–Crippen LogP) is 4.26. The van der Waals surface area contributed by atoms with Gasteiger partial charge in [0.2, 0.25) is 0 Å². The standard InChI is InChI=1S/C28H44O6/c1-7-22(29)21(5)27-23(33-27)17-18(2)11-10-12-19(3)26-20(4)14-15-24(30)28(6,32)16-9-8-13-25(31)34-26/h8,10-15,18,20-24,26-27,29-30,32H,7,9,16-17H2,1-6H3/b11-10+,13-8?,15-14+,19-12+. The Morgan fingerprint density at radius 2 is 2.03 bits per heavy atom. The molecule has 2 rings (SSSR count). The highest BCUT2D eigenvalue weighted by atomic mass is 16.6. The quantitative estimate of drug-likeness (QED) is 0.210. The van der Waals surface area contributed by atoms with Crippen LogP contribution in [0.5, 0.6) is 0 Å². The second kappa shape index (κ2) is 12.8. The van der Waals surface area contributed by atoms with Crippen LogP contribution in [-0.2, 0) is 14.3 Å². The molecular weight excluding hydrogens is 432 g/mol. The minimum Gasteiger partial charge on any atom is -0.454 e. The third kappa shape index (κ3) is 8.49. The topological polar surface area (TPSA) is 99.5 Å². The van der Waals surface area contributed by atoms with Crippen molar-refractivity contribution in [3.8, 4) is 0 Å². The number of aliphatic hydroxyl groups excluding tert-OH is 2. The zero-order chi connectivity index (χ0) is 25.5. The molecule has 2 aliphatic rings. The zero-order valence-electron chi connectivity index (χ0n) is 21.6. The molecule has 0 saturated carbocycles. The summed E-state index contributed by atoms with van der Waals surface area (Å²) in [6.45, 7) is 11.6. The molecule has 0 radical (unpaired) electrons. The molecule has 0 spiro atoms. The molecule has 9 unspecified atom stereocenters. The average Bonchev–Trinajstić information content (AvgIpc) is 3.55. The van der Waals surface area contributed by atoms with Gasteiger partial charge in [-0.1, -0.05) is 64.2 Å². The summed E-state index contributed by atoms with van der Waals surface area (Å²) in [5, 5.41) is 30.9. The third-order valence-electron chi connectivity index (χ3n) is 7.04. The minimum absolute atomic E-state index is 0.135. The molecule has 0 aromatic rings. The van der Waals surface area contributed by atoms with E-state index in [9.17, 15) is 20.1 Å². The fourth-order valence-electron chi connectivity index (χ4n) is 4.41. The molecule has 2 aliphatic heterocycles. The summed E-state index contributed by atoms with van der Waals surface area (Å²) >= 11 is 0. The lowest BCUT2D eigenvalue weighted by atomic mass is 9.90. The van der Waals surface area contributed by atoms with Crippen LogP contribution in [-0.4, -0.2) is 57.4 Å². The Labute approximate surface area is 205 Å². The zero-order valence-corrected chi connectivity index (χ0v) is 21.6. The molecule has 2 heterocycles. The Kier molecular flexibility index (Phi) is 10.8. The van der Waals surface area contributed by atoms with Crippen molar-refractivity contribution in [3.05, 3.63) is 48.1 Å². The minimum atomic E-state index is -1.26. The van der Waals surface area contributed by atoms with Crippen molar-refractivity contribution in [3.63, 3.8) is 0 Å². The highest BCUT2D eigenvalue weighted by molar-refractivity contribution is 5.82. The second-order valence-electron chi connectivity index (χ2n) is 10.3. The molecule has 3 N–H and O–H groups in total. The molecule has 192 valence electrons. The van der Waals surface area contributed by atoms with Gasteiger partial charge in [0.1, 0.15) is 12.2 Å². The van der Waals surface area contributed by atoms with Crippen LogP contribution >= 0.6 is 0 Å². The molecule has 0 bridgehead atoms. The van der Waals surface area contributed by atoms with Gasteiger partial charge in [-0.05, 0) is 51.0 Å². The van der Waals surface area contributed by atoms with Gasteiger partial charge in [0.25, 0.3) is 0 Å². The number of hydrogen-bond donors (Lipinski definition) is 3. The van der Waals surface area contributed by atoms with Gasteiger partial charge in [0.15, 0.2) is 0 Å². The van der Waals surface area contributed by atoms with Crippen LogP contribution in [0.3, 0.4) is 0 Å². The number of carbonyl (C=O) groups excluding carboxylic acids is 1. The first kappa shape index (κ1) is 28.5. The normalized spacial score (nSPS) is 36.8. The van der Waals surface area contributed by atoms with Crippen LogP contribution in [0.1, 0.15) is 67.2 Å². The Bertz CT molecular complexity index is 780. The van der Waals surface area contributed by atoms with E-state index in [0.717, 1.165) is 18.4 Å². The molecule has 0 aromatic heterocycles. The molecule has 0 aromatic carbocycles.